The predicted octanol–water partition coefficient (Wildman–Crippen LogP) is 2.86. The maximum atomic E-state index is 14.2. The fourth-order valence-electron chi connectivity index (χ4n) is 2.76. The molecule has 0 bridgehead atoms. The van der Waals surface area contributed by atoms with Crippen molar-refractivity contribution in [2.24, 2.45) is 0 Å². The van der Waals surface area contributed by atoms with E-state index >= 15 is 0 Å². The van der Waals surface area contributed by atoms with Crippen LogP contribution in [0, 0.1) is 11.6 Å². The van der Waals surface area contributed by atoms with E-state index in [0.29, 0.717) is 16.5 Å². The lowest BCUT2D eigenvalue weighted by Gasteiger charge is -2.25. The third kappa shape index (κ3) is 2.49. The van der Waals surface area contributed by atoms with Gasteiger partial charge in [0.05, 0.1) is 18.2 Å². The Morgan fingerprint density at radius 3 is 2.55 bits per heavy atom. The summed E-state index contributed by atoms with van der Waals surface area (Å²) >= 11 is 0. The van der Waals surface area contributed by atoms with E-state index in [9.17, 15) is 19.0 Å². The van der Waals surface area contributed by atoms with Crippen molar-refractivity contribution in [1.29, 1.82) is 0 Å². The van der Waals surface area contributed by atoms with E-state index in [0.717, 1.165) is 0 Å². The molecule has 0 fully saturated rings. The SMILES string of the molecule is OC[C@@H](O)[C@H](c1cccc(F)c1)n1ccc2cccc(F)c21. The third-order valence-electron chi connectivity index (χ3n) is 3.73. The van der Waals surface area contributed by atoms with Gasteiger partial charge < -0.3 is 14.8 Å². The minimum Gasteiger partial charge on any atom is -0.394 e. The Balaban J connectivity index is 2.21. The van der Waals surface area contributed by atoms with Crippen LogP contribution in [0.25, 0.3) is 10.9 Å². The van der Waals surface area contributed by atoms with Crippen LogP contribution >= 0.6 is 0 Å². The highest BCUT2D eigenvalue weighted by molar-refractivity contribution is 5.81. The van der Waals surface area contributed by atoms with Crippen LogP contribution < -0.4 is 0 Å². The molecule has 0 unspecified atom stereocenters. The molecular weight excluding hydrogens is 288 g/mol. The topological polar surface area (TPSA) is 45.4 Å². The molecule has 2 N–H and O–H groups in total. The molecule has 0 aliphatic heterocycles. The van der Waals surface area contributed by atoms with Crippen molar-refractivity contribution in [2.45, 2.75) is 12.1 Å². The van der Waals surface area contributed by atoms with Gasteiger partial charge in [-0.3, -0.25) is 0 Å². The molecule has 3 nitrogen and oxygen atoms in total. The van der Waals surface area contributed by atoms with Gasteiger partial charge in [-0.05, 0) is 29.8 Å². The van der Waals surface area contributed by atoms with Gasteiger partial charge in [0.15, 0.2) is 0 Å². The Morgan fingerprint density at radius 2 is 1.82 bits per heavy atom. The summed E-state index contributed by atoms with van der Waals surface area (Å²) < 4.78 is 29.2. The summed E-state index contributed by atoms with van der Waals surface area (Å²) in [6.07, 6.45) is 0.444. The highest BCUT2D eigenvalue weighted by atomic mass is 19.1. The smallest absolute Gasteiger partial charge is 0.147 e. The highest BCUT2D eigenvalue weighted by Crippen LogP contribution is 2.29. The first-order chi connectivity index (χ1) is 10.6. The first-order valence-electron chi connectivity index (χ1n) is 6.91. The normalized spacial score (nSPS) is 14.2. The number of rotatable bonds is 4. The lowest BCUT2D eigenvalue weighted by Crippen LogP contribution is -2.28. The Labute approximate surface area is 126 Å². The van der Waals surface area contributed by atoms with Gasteiger partial charge in [0.2, 0.25) is 0 Å². The molecule has 0 spiro atoms. The van der Waals surface area contributed by atoms with Crippen molar-refractivity contribution in [3.05, 3.63) is 71.9 Å². The van der Waals surface area contributed by atoms with E-state index in [4.69, 9.17) is 0 Å². The number of benzene rings is 2. The van der Waals surface area contributed by atoms with E-state index in [-0.39, 0.29) is 0 Å². The van der Waals surface area contributed by atoms with Gasteiger partial charge in [0.1, 0.15) is 17.7 Å². The van der Waals surface area contributed by atoms with Crippen molar-refractivity contribution < 1.29 is 19.0 Å². The van der Waals surface area contributed by atoms with E-state index in [1.165, 1.54) is 28.8 Å². The average Bonchev–Trinajstić information content (AvgIpc) is 2.93. The van der Waals surface area contributed by atoms with Crippen molar-refractivity contribution in [3.63, 3.8) is 0 Å². The molecule has 0 saturated heterocycles. The van der Waals surface area contributed by atoms with Crippen LogP contribution in [-0.2, 0) is 0 Å². The predicted molar refractivity (Wildman–Crippen MR) is 79.5 cm³/mol. The largest absolute Gasteiger partial charge is 0.394 e. The summed E-state index contributed by atoms with van der Waals surface area (Å²) in [4.78, 5) is 0. The summed E-state index contributed by atoms with van der Waals surface area (Å²) in [5, 5.41) is 20.2. The first kappa shape index (κ1) is 14.7. The minimum absolute atomic E-state index is 0.310. The van der Waals surface area contributed by atoms with E-state index < -0.39 is 30.4 Å². The molecule has 5 heteroatoms. The second kappa shape index (κ2) is 5.87. The summed E-state index contributed by atoms with van der Waals surface area (Å²) in [7, 11) is 0. The van der Waals surface area contributed by atoms with E-state index in [2.05, 4.69) is 0 Å². The molecule has 0 saturated carbocycles. The number of aliphatic hydroxyl groups is 2. The molecule has 114 valence electrons. The molecule has 0 aliphatic rings. The van der Waals surface area contributed by atoms with E-state index in [1.54, 1.807) is 30.5 Å². The van der Waals surface area contributed by atoms with Gasteiger partial charge in [-0.2, -0.15) is 0 Å². The number of fused-ring (bicyclic) bond motifs is 1. The molecule has 1 heterocycles. The Kier molecular flexibility index (Phi) is 3.92. The van der Waals surface area contributed by atoms with Gasteiger partial charge in [-0.25, -0.2) is 8.78 Å². The summed E-state index contributed by atoms with van der Waals surface area (Å²) in [6, 6.07) is 11.3. The van der Waals surface area contributed by atoms with Crippen molar-refractivity contribution in [2.75, 3.05) is 6.61 Å². The fourth-order valence-corrected chi connectivity index (χ4v) is 2.76. The zero-order valence-electron chi connectivity index (χ0n) is 11.7. The average molecular weight is 303 g/mol. The summed E-state index contributed by atoms with van der Waals surface area (Å²) in [5.41, 5.74) is 0.770. The number of nitrogens with zero attached hydrogens (tertiary/aromatic N) is 1. The van der Waals surface area contributed by atoms with Crippen LogP contribution in [0.5, 0.6) is 0 Å². The zero-order valence-corrected chi connectivity index (χ0v) is 11.7. The molecule has 3 aromatic rings. The fraction of sp³-hybridized carbons (Fsp3) is 0.176. The lowest BCUT2D eigenvalue weighted by molar-refractivity contribution is 0.0651. The molecule has 3 rings (SSSR count). The molecule has 1 aromatic heterocycles. The molecular formula is C17H15F2NO2. The lowest BCUT2D eigenvalue weighted by atomic mass is 10.0. The monoisotopic (exact) mass is 303 g/mol. The molecule has 2 aromatic carbocycles. The standard InChI is InChI=1S/C17H15F2NO2/c18-13-5-1-4-12(9-13)17(15(22)10-21)20-8-7-11-3-2-6-14(19)16(11)20/h1-9,15,17,21-22H,10H2/t15-,17+/m1/s1. The van der Waals surface area contributed by atoms with Gasteiger partial charge in [0, 0.05) is 11.6 Å². The van der Waals surface area contributed by atoms with Gasteiger partial charge >= 0.3 is 0 Å². The highest BCUT2D eigenvalue weighted by Gasteiger charge is 2.25. The van der Waals surface area contributed by atoms with Crippen LogP contribution in [0.4, 0.5) is 8.78 Å². The van der Waals surface area contributed by atoms with Crippen LogP contribution in [-0.4, -0.2) is 27.5 Å². The second-order valence-corrected chi connectivity index (χ2v) is 5.15. The number of hydrogen-bond acceptors (Lipinski definition) is 2. The Bertz CT molecular complexity index is 800. The first-order valence-corrected chi connectivity index (χ1v) is 6.91. The van der Waals surface area contributed by atoms with Crippen LogP contribution in [0.3, 0.4) is 0 Å². The number of para-hydroxylation sites is 1. The molecule has 0 amide bonds. The number of aromatic nitrogens is 1. The Morgan fingerprint density at radius 1 is 1.05 bits per heavy atom. The Hall–Kier alpha value is -2.24. The zero-order chi connectivity index (χ0) is 15.7. The van der Waals surface area contributed by atoms with Gasteiger partial charge in [-0.15, -0.1) is 0 Å². The van der Waals surface area contributed by atoms with Gasteiger partial charge in [-0.1, -0.05) is 24.3 Å². The maximum Gasteiger partial charge on any atom is 0.147 e. The van der Waals surface area contributed by atoms with Crippen molar-refractivity contribution in [3.8, 4) is 0 Å². The quantitative estimate of drug-likeness (QED) is 0.778. The molecule has 0 aliphatic carbocycles. The third-order valence-corrected chi connectivity index (χ3v) is 3.73. The van der Waals surface area contributed by atoms with Crippen molar-refractivity contribution >= 4 is 10.9 Å². The number of hydrogen-bond donors (Lipinski definition) is 2. The van der Waals surface area contributed by atoms with E-state index in [1.807, 2.05) is 0 Å². The number of aliphatic hydroxyl groups excluding tert-OH is 2. The van der Waals surface area contributed by atoms with Crippen LogP contribution in [0.2, 0.25) is 0 Å². The summed E-state index contributed by atoms with van der Waals surface area (Å²) in [6.45, 7) is -0.519. The number of halogens is 2. The molecule has 2 atom stereocenters. The second-order valence-electron chi connectivity index (χ2n) is 5.15. The van der Waals surface area contributed by atoms with Crippen molar-refractivity contribution in [1.82, 2.24) is 4.57 Å². The maximum absolute atomic E-state index is 14.2. The van der Waals surface area contributed by atoms with Crippen LogP contribution in [0.1, 0.15) is 11.6 Å². The molecule has 0 radical (unpaired) electrons. The molecule has 22 heavy (non-hydrogen) atoms. The summed E-state index contributed by atoms with van der Waals surface area (Å²) in [5.74, 6) is -0.890. The minimum atomic E-state index is -1.18. The van der Waals surface area contributed by atoms with Gasteiger partial charge in [0.25, 0.3) is 0 Å². The van der Waals surface area contributed by atoms with Crippen LogP contribution in [0.15, 0.2) is 54.7 Å².